The van der Waals surface area contributed by atoms with E-state index in [4.69, 9.17) is 66.3 Å². The molecule has 2 aromatic carbocycles. The molecule has 0 radical (unpaired) electrons. The molecule has 3 heterocycles. The van der Waals surface area contributed by atoms with Crippen LogP contribution in [0.4, 0.5) is 5.82 Å². The maximum Gasteiger partial charge on any atom is 0.183 e. The molecule has 1 aliphatic heterocycles. The number of nitrogens with two attached hydrogens (primary N) is 1. The highest BCUT2D eigenvalue weighted by Gasteiger charge is 2.55. The van der Waals surface area contributed by atoms with Crippen LogP contribution in [0.2, 0.25) is 20.1 Å². The second-order valence-electron chi connectivity index (χ2n) is 9.06. The molecule has 0 amide bonds. The maximum absolute atomic E-state index is 11.7. The van der Waals surface area contributed by atoms with Crippen LogP contribution >= 0.6 is 46.4 Å². The minimum absolute atomic E-state index is 0.0843. The quantitative estimate of drug-likeness (QED) is 0.274. The molecule has 0 unspecified atom stereocenters. The second kappa shape index (κ2) is 11.1. The Kier molecular flexibility index (Phi) is 8.00. The largest absolute Gasteiger partial charge is 0.383 e. The molecule has 38 heavy (non-hydrogen) atoms. The molecule has 0 aliphatic carbocycles. The van der Waals surface area contributed by atoms with Gasteiger partial charge in [0.05, 0.1) is 31.4 Å². The Morgan fingerprint density at radius 3 is 2.34 bits per heavy atom. The highest BCUT2D eigenvalue weighted by atomic mass is 35.5. The molecule has 0 spiro atoms. The first-order chi connectivity index (χ1) is 18.1. The number of fused-ring (bicyclic) bond motifs is 1. The lowest BCUT2D eigenvalue weighted by Crippen LogP contribution is -2.46. The summed E-state index contributed by atoms with van der Waals surface area (Å²) in [6.45, 7) is 2.00. The van der Waals surface area contributed by atoms with Crippen molar-refractivity contribution in [3.63, 3.8) is 0 Å². The van der Waals surface area contributed by atoms with E-state index < -0.39 is 24.0 Å². The summed E-state index contributed by atoms with van der Waals surface area (Å²) in [7, 11) is 0. The van der Waals surface area contributed by atoms with Crippen LogP contribution in [0, 0.1) is 0 Å². The Bertz CT molecular complexity index is 1470. The maximum atomic E-state index is 11.7. The van der Waals surface area contributed by atoms with E-state index in [1.54, 1.807) is 43.3 Å². The van der Waals surface area contributed by atoms with Crippen LogP contribution in [0.5, 0.6) is 0 Å². The van der Waals surface area contributed by atoms with Crippen LogP contribution < -0.4 is 5.73 Å². The van der Waals surface area contributed by atoms with Crippen molar-refractivity contribution < 1.29 is 19.3 Å². The number of nitrogen functional groups attached to an aromatic ring is 1. The Hall–Kier alpha value is -2.21. The minimum atomic E-state index is -1.55. The smallest absolute Gasteiger partial charge is 0.183 e. The van der Waals surface area contributed by atoms with E-state index in [1.165, 1.54) is 17.2 Å². The van der Waals surface area contributed by atoms with Gasteiger partial charge in [0.25, 0.3) is 0 Å². The molecule has 4 aromatic rings. The Balaban J connectivity index is 1.40. The van der Waals surface area contributed by atoms with Gasteiger partial charge < -0.3 is 25.1 Å². The van der Waals surface area contributed by atoms with Gasteiger partial charge in [-0.1, -0.05) is 58.5 Å². The molecular formula is C25H23Cl4N5O4. The number of anilines is 1. The van der Waals surface area contributed by atoms with E-state index in [0.717, 1.165) is 5.56 Å². The summed E-state index contributed by atoms with van der Waals surface area (Å²) in [5, 5.41) is 18.6. The number of ether oxygens (including phenoxy) is 3. The van der Waals surface area contributed by atoms with Crippen molar-refractivity contribution in [3.05, 3.63) is 80.1 Å². The van der Waals surface area contributed by atoms with Gasteiger partial charge in [0.15, 0.2) is 11.9 Å². The zero-order valence-corrected chi connectivity index (χ0v) is 23.0. The summed E-state index contributed by atoms with van der Waals surface area (Å²) in [5.74, 6) is 0.267. The number of halogens is 4. The van der Waals surface area contributed by atoms with Crippen molar-refractivity contribution in [2.45, 2.75) is 44.2 Å². The van der Waals surface area contributed by atoms with Gasteiger partial charge in [-0.05, 0) is 42.3 Å². The second-order valence-corrected chi connectivity index (χ2v) is 10.7. The normalized spacial score (nSPS) is 23.4. The molecule has 9 nitrogen and oxygen atoms in total. The van der Waals surface area contributed by atoms with Crippen molar-refractivity contribution in [2.24, 2.45) is 0 Å². The molecular weight excluding hydrogens is 576 g/mol. The standard InChI is InChI=1S/C25H23Cl4N5O4/c1-25(35)21(37-10-14-3-5-16(27)7-19(14)29)20(11-36-9-13-2-4-15(26)6-18(13)28)38-24(25)34-23-17(8-33-34)22(30)31-12-32-23/h2-8,12,20-21,24,35H,9-11H2,1H3,(H2,30,31,32)/t20-,21-,24-,25-/m1/s1. The number of benzene rings is 2. The third kappa shape index (κ3) is 5.43. The third-order valence-electron chi connectivity index (χ3n) is 6.35. The summed E-state index contributed by atoms with van der Waals surface area (Å²) < 4.78 is 19.9. The van der Waals surface area contributed by atoms with E-state index >= 15 is 0 Å². The summed E-state index contributed by atoms with van der Waals surface area (Å²) in [4.78, 5) is 8.28. The minimum Gasteiger partial charge on any atom is -0.383 e. The van der Waals surface area contributed by atoms with E-state index in [-0.39, 0.29) is 25.6 Å². The van der Waals surface area contributed by atoms with Crippen LogP contribution in [0.1, 0.15) is 24.3 Å². The van der Waals surface area contributed by atoms with Crippen LogP contribution in [0.3, 0.4) is 0 Å². The summed E-state index contributed by atoms with van der Waals surface area (Å²) in [5.41, 5.74) is 6.30. The van der Waals surface area contributed by atoms with E-state index in [0.29, 0.717) is 36.7 Å². The van der Waals surface area contributed by atoms with Crippen LogP contribution in [0.15, 0.2) is 48.9 Å². The third-order valence-corrected chi connectivity index (χ3v) is 7.52. The predicted molar refractivity (Wildman–Crippen MR) is 145 cm³/mol. The monoisotopic (exact) mass is 597 g/mol. The lowest BCUT2D eigenvalue weighted by atomic mass is 9.96. The van der Waals surface area contributed by atoms with Crippen LogP contribution in [-0.2, 0) is 27.4 Å². The van der Waals surface area contributed by atoms with Crippen LogP contribution in [0.25, 0.3) is 11.0 Å². The van der Waals surface area contributed by atoms with Crippen molar-refractivity contribution in [3.8, 4) is 0 Å². The molecule has 1 aliphatic rings. The molecule has 3 N–H and O–H groups in total. The van der Waals surface area contributed by atoms with Crippen LogP contribution in [-0.4, -0.2) is 49.3 Å². The van der Waals surface area contributed by atoms with Gasteiger partial charge in [-0.3, -0.25) is 0 Å². The first-order valence-electron chi connectivity index (χ1n) is 11.5. The molecule has 0 saturated carbocycles. The number of rotatable bonds is 8. The highest BCUT2D eigenvalue weighted by molar-refractivity contribution is 6.35. The number of aromatic nitrogens is 4. The van der Waals surface area contributed by atoms with E-state index in [1.807, 2.05) is 0 Å². The SMILES string of the molecule is C[C@@]1(O)[C@H](OCc2ccc(Cl)cc2Cl)[C@@H](COCc2ccc(Cl)cc2Cl)O[C@H]1n1ncc2c(N)ncnc21. The predicted octanol–water partition coefficient (Wildman–Crippen LogP) is 5.47. The molecule has 5 rings (SSSR count). The highest BCUT2D eigenvalue weighted by Crippen LogP contribution is 2.42. The molecule has 4 atom stereocenters. The summed E-state index contributed by atoms with van der Waals surface area (Å²) >= 11 is 24.7. The zero-order valence-electron chi connectivity index (χ0n) is 20.0. The molecule has 13 heteroatoms. The van der Waals surface area contributed by atoms with Gasteiger partial charge in [0, 0.05) is 20.1 Å². The molecule has 0 bridgehead atoms. The van der Waals surface area contributed by atoms with E-state index in [9.17, 15) is 5.11 Å². The topological polar surface area (TPSA) is 118 Å². The lowest BCUT2D eigenvalue weighted by molar-refractivity contribution is -0.116. The number of hydrogen-bond acceptors (Lipinski definition) is 8. The fourth-order valence-electron chi connectivity index (χ4n) is 4.39. The Morgan fingerprint density at radius 2 is 1.68 bits per heavy atom. The molecule has 2 aromatic heterocycles. The van der Waals surface area contributed by atoms with Gasteiger partial charge in [0.1, 0.15) is 30.0 Å². The average molecular weight is 599 g/mol. The number of aliphatic hydroxyl groups is 1. The Labute approximate surface area is 238 Å². The summed E-state index contributed by atoms with van der Waals surface area (Å²) in [6.07, 6.45) is 0.364. The van der Waals surface area contributed by atoms with Gasteiger partial charge in [-0.2, -0.15) is 5.10 Å². The number of hydrogen-bond donors (Lipinski definition) is 2. The fourth-order valence-corrected chi connectivity index (χ4v) is 5.32. The molecule has 200 valence electrons. The molecule has 1 fully saturated rings. The zero-order chi connectivity index (χ0) is 27.0. The van der Waals surface area contributed by atoms with Crippen molar-refractivity contribution >= 4 is 63.3 Å². The fraction of sp³-hybridized carbons (Fsp3) is 0.320. The Morgan fingerprint density at radius 1 is 1.03 bits per heavy atom. The van der Waals surface area contributed by atoms with E-state index in [2.05, 4.69) is 15.1 Å². The van der Waals surface area contributed by atoms with Gasteiger partial charge in [-0.15, -0.1) is 0 Å². The van der Waals surface area contributed by atoms with Crippen molar-refractivity contribution in [2.75, 3.05) is 12.3 Å². The van der Waals surface area contributed by atoms with Gasteiger partial charge in [-0.25, -0.2) is 14.6 Å². The first kappa shape index (κ1) is 27.4. The van der Waals surface area contributed by atoms with Gasteiger partial charge >= 0.3 is 0 Å². The summed E-state index contributed by atoms with van der Waals surface area (Å²) in [6, 6.07) is 10.3. The molecule has 1 saturated heterocycles. The lowest BCUT2D eigenvalue weighted by Gasteiger charge is -2.30. The first-order valence-corrected chi connectivity index (χ1v) is 13.0. The average Bonchev–Trinajstić information content (AvgIpc) is 3.39. The van der Waals surface area contributed by atoms with Crippen molar-refractivity contribution in [1.29, 1.82) is 0 Å². The van der Waals surface area contributed by atoms with Crippen molar-refractivity contribution in [1.82, 2.24) is 19.7 Å². The number of nitrogens with zero attached hydrogens (tertiary/aromatic N) is 4. The van der Waals surface area contributed by atoms with Gasteiger partial charge in [0.2, 0.25) is 0 Å².